The van der Waals surface area contributed by atoms with Crippen molar-refractivity contribution in [2.45, 2.75) is 83.5 Å². The fraction of sp³-hybridized carbons (Fsp3) is 0.538. The van der Waals surface area contributed by atoms with E-state index in [1.54, 1.807) is 16.2 Å². The zero-order chi connectivity index (χ0) is 25.6. The van der Waals surface area contributed by atoms with E-state index in [-0.39, 0.29) is 11.5 Å². The van der Waals surface area contributed by atoms with E-state index in [2.05, 4.69) is 12.0 Å². The number of thioether (sulfide) groups is 1. The van der Waals surface area contributed by atoms with Gasteiger partial charge in [0, 0.05) is 18.0 Å². The summed E-state index contributed by atoms with van der Waals surface area (Å²) in [4.78, 5) is 31.0. The van der Waals surface area contributed by atoms with Gasteiger partial charge >= 0.3 is 5.97 Å². The van der Waals surface area contributed by atoms with Crippen molar-refractivity contribution in [2.24, 2.45) is 0 Å². The van der Waals surface area contributed by atoms with Crippen molar-refractivity contribution in [3.63, 3.8) is 0 Å². The molecule has 0 saturated carbocycles. The molecule has 0 aliphatic carbocycles. The van der Waals surface area contributed by atoms with Crippen LogP contribution in [0.1, 0.15) is 59.0 Å². The molecule has 0 aliphatic rings. The number of aryl methyl sites for hydroxylation is 3. The zero-order valence-corrected chi connectivity index (χ0v) is 22.4. The van der Waals surface area contributed by atoms with Crippen molar-refractivity contribution < 1.29 is 14.3 Å². The van der Waals surface area contributed by atoms with Crippen LogP contribution in [-0.4, -0.2) is 43.3 Å². The summed E-state index contributed by atoms with van der Waals surface area (Å²) in [7, 11) is 0. The van der Waals surface area contributed by atoms with Crippen LogP contribution >= 0.6 is 11.8 Å². The summed E-state index contributed by atoms with van der Waals surface area (Å²) < 4.78 is 13.9. The molecule has 1 aromatic carbocycles. The quantitative estimate of drug-likeness (QED) is 0.201. The number of aromatic nitrogens is 4. The van der Waals surface area contributed by atoms with Crippen molar-refractivity contribution in [1.82, 2.24) is 19.3 Å². The standard InChI is InChI=1S/C26H36N4O4S/c1-7-11-21-22-23(30(8-2)28-21)24(31)29(18(4)27-22)16-10-17-34-19-12-14-20(15-13-19)35-26(5,6)25(32)33-9-3/h12-15H,7-11,16-17H2,1-6H3. The van der Waals surface area contributed by atoms with Crippen LogP contribution in [-0.2, 0) is 29.0 Å². The number of ether oxygens (including phenoxy) is 2. The van der Waals surface area contributed by atoms with Crippen molar-refractivity contribution in [3.05, 3.63) is 46.1 Å². The summed E-state index contributed by atoms with van der Waals surface area (Å²) in [6.45, 7) is 13.5. The first kappa shape index (κ1) is 26.8. The average Bonchev–Trinajstić information content (AvgIpc) is 3.17. The number of hydrogen-bond donors (Lipinski definition) is 0. The summed E-state index contributed by atoms with van der Waals surface area (Å²) in [5.74, 6) is 1.21. The first-order valence-corrected chi connectivity index (χ1v) is 13.1. The molecule has 8 nitrogen and oxygen atoms in total. The minimum atomic E-state index is -0.664. The topological polar surface area (TPSA) is 88.2 Å². The molecule has 0 bridgehead atoms. The van der Waals surface area contributed by atoms with Crippen LogP contribution in [0.3, 0.4) is 0 Å². The number of esters is 1. The van der Waals surface area contributed by atoms with Gasteiger partial charge in [0.25, 0.3) is 5.56 Å². The van der Waals surface area contributed by atoms with Gasteiger partial charge in [-0.05, 0) is 71.7 Å². The second-order valence-electron chi connectivity index (χ2n) is 8.83. The van der Waals surface area contributed by atoms with Gasteiger partial charge < -0.3 is 9.47 Å². The third-order valence-electron chi connectivity index (χ3n) is 5.65. The molecule has 0 radical (unpaired) electrons. The second-order valence-corrected chi connectivity index (χ2v) is 10.5. The lowest BCUT2D eigenvalue weighted by Gasteiger charge is -2.21. The highest BCUT2D eigenvalue weighted by atomic mass is 32.2. The number of benzene rings is 1. The lowest BCUT2D eigenvalue weighted by atomic mass is 10.2. The Kier molecular flexibility index (Phi) is 8.99. The summed E-state index contributed by atoms with van der Waals surface area (Å²) in [6.07, 6.45) is 2.44. The normalized spacial score (nSPS) is 11.7. The molecular weight excluding hydrogens is 464 g/mol. The lowest BCUT2D eigenvalue weighted by Crippen LogP contribution is -2.29. The highest BCUT2D eigenvalue weighted by molar-refractivity contribution is 8.01. The lowest BCUT2D eigenvalue weighted by molar-refractivity contribution is -0.145. The van der Waals surface area contributed by atoms with E-state index < -0.39 is 4.75 Å². The van der Waals surface area contributed by atoms with Crippen LogP contribution in [0.15, 0.2) is 34.0 Å². The molecule has 3 rings (SSSR count). The number of fused-ring (bicyclic) bond motifs is 1. The molecule has 9 heteroatoms. The number of rotatable bonds is 12. The molecular formula is C26H36N4O4S. The Bertz CT molecular complexity index is 1210. The maximum Gasteiger partial charge on any atom is 0.321 e. The van der Waals surface area contributed by atoms with Gasteiger partial charge in [0.1, 0.15) is 21.8 Å². The SMILES string of the molecule is CCCc1nn(CC)c2c(=O)n(CCCOc3ccc(SC(C)(C)C(=O)OCC)cc3)c(C)nc12. The molecule has 0 aliphatic heterocycles. The predicted octanol–water partition coefficient (Wildman–Crippen LogP) is 4.78. The van der Waals surface area contributed by atoms with Crippen molar-refractivity contribution >= 4 is 28.8 Å². The molecule has 35 heavy (non-hydrogen) atoms. The molecule has 0 unspecified atom stereocenters. The largest absolute Gasteiger partial charge is 0.494 e. The molecule has 0 N–H and O–H groups in total. The maximum absolute atomic E-state index is 13.2. The molecule has 0 fully saturated rings. The summed E-state index contributed by atoms with van der Waals surface area (Å²) >= 11 is 1.46. The van der Waals surface area contributed by atoms with E-state index in [1.807, 2.05) is 52.0 Å². The Morgan fingerprint density at radius 1 is 1.14 bits per heavy atom. The van der Waals surface area contributed by atoms with Crippen LogP contribution in [0, 0.1) is 6.92 Å². The highest BCUT2D eigenvalue weighted by Gasteiger charge is 2.30. The van der Waals surface area contributed by atoms with Gasteiger partial charge in [-0.2, -0.15) is 5.10 Å². The third-order valence-corrected chi connectivity index (χ3v) is 6.84. The Morgan fingerprint density at radius 2 is 1.86 bits per heavy atom. The molecule has 0 spiro atoms. The van der Waals surface area contributed by atoms with E-state index in [9.17, 15) is 9.59 Å². The fourth-order valence-corrected chi connectivity index (χ4v) is 4.89. The summed E-state index contributed by atoms with van der Waals surface area (Å²) in [6, 6.07) is 7.66. The number of nitrogens with zero attached hydrogens (tertiary/aromatic N) is 4. The van der Waals surface area contributed by atoms with Gasteiger partial charge in [0.2, 0.25) is 0 Å². The highest BCUT2D eigenvalue weighted by Crippen LogP contribution is 2.34. The van der Waals surface area contributed by atoms with Gasteiger partial charge in [0.15, 0.2) is 5.52 Å². The Labute approximate surface area is 211 Å². The van der Waals surface area contributed by atoms with Gasteiger partial charge in [-0.15, -0.1) is 11.8 Å². The van der Waals surface area contributed by atoms with E-state index in [1.165, 1.54) is 11.8 Å². The molecule has 0 saturated heterocycles. The maximum atomic E-state index is 13.2. The fourth-order valence-electron chi connectivity index (χ4n) is 3.88. The van der Waals surface area contributed by atoms with Gasteiger partial charge in [0.05, 0.1) is 18.9 Å². The van der Waals surface area contributed by atoms with Crippen molar-refractivity contribution in [2.75, 3.05) is 13.2 Å². The summed E-state index contributed by atoms with van der Waals surface area (Å²) in [5, 5.41) is 4.61. The first-order valence-electron chi connectivity index (χ1n) is 12.3. The third kappa shape index (κ3) is 6.25. The number of carbonyl (C=O) groups excluding carboxylic acids is 1. The van der Waals surface area contributed by atoms with Gasteiger partial charge in [-0.1, -0.05) is 13.3 Å². The second kappa shape index (κ2) is 11.7. The van der Waals surface area contributed by atoms with E-state index in [0.29, 0.717) is 44.1 Å². The molecule has 0 amide bonds. The molecule has 190 valence electrons. The smallest absolute Gasteiger partial charge is 0.321 e. The van der Waals surface area contributed by atoms with Crippen LogP contribution in [0.2, 0.25) is 0 Å². The first-order chi connectivity index (χ1) is 16.7. The van der Waals surface area contributed by atoms with Crippen LogP contribution in [0.5, 0.6) is 5.75 Å². The molecule has 3 aromatic rings. The Hall–Kier alpha value is -2.81. The van der Waals surface area contributed by atoms with Crippen molar-refractivity contribution in [3.8, 4) is 5.75 Å². The van der Waals surface area contributed by atoms with E-state index >= 15 is 0 Å². The van der Waals surface area contributed by atoms with Crippen molar-refractivity contribution in [1.29, 1.82) is 0 Å². The van der Waals surface area contributed by atoms with Crippen LogP contribution in [0.4, 0.5) is 0 Å². The number of hydrogen-bond acceptors (Lipinski definition) is 7. The number of carbonyl (C=O) groups is 1. The predicted molar refractivity (Wildman–Crippen MR) is 139 cm³/mol. The Morgan fingerprint density at radius 3 is 2.49 bits per heavy atom. The Balaban J connectivity index is 1.61. The molecule has 0 atom stereocenters. The molecule has 2 heterocycles. The van der Waals surface area contributed by atoms with E-state index in [0.717, 1.165) is 34.7 Å². The van der Waals surface area contributed by atoms with E-state index in [4.69, 9.17) is 14.5 Å². The van der Waals surface area contributed by atoms with Gasteiger partial charge in [-0.3, -0.25) is 18.8 Å². The minimum Gasteiger partial charge on any atom is -0.494 e. The summed E-state index contributed by atoms with van der Waals surface area (Å²) in [5.41, 5.74) is 2.16. The monoisotopic (exact) mass is 500 g/mol. The zero-order valence-electron chi connectivity index (χ0n) is 21.6. The van der Waals surface area contributed by atoms with Crippen LogP contribution < -0.4 is 10.3 Å². The average molecular weight is 501 g/mol. The molecule has 2 aromatic heterocycles. The van der Waals surface area contributed by atoms with Gasteiger partial charge in [-0.25, -0.2) is 4.98 Å². The van der Waals surface area contributed by atoms with Crippen LogP contribution in [0.25, 0.3) is 11.0 Å². The minimum absolute atomic E-state index is 0.0465.